The SMILES string of the molecule is O=C(CNCC1CC1)Nc1cccn(Cc2ccccc2)c1=O. The zero-order valence-corrected chi connectivity index (χ0v) is 13.0. The maximum Gasteiger partial charge on any atom is 0.274 e. The Morgan fingerprint density at radius 1 is 1.13 bits per heavy atom. The number of nitrogens with one attached hydrogen (secondary N) is 2. The molecular weight excluding hydrogens is 290 g/mol. The van der Waals surface area contributed by atoms with Crippen LogP contribution in [0.25, 0.3) is 0 Å². The Hall–Kier alpha value is -2.40. The van der Waals surface area contributed by atoms with Gasteiger partial charge in [0.05, 0.1) is 13.1 Å². The van der Waals surface area contributed by atoms with Gasteiger partial charge in [0, 0.05) is 6.20 Å². The summed E-state index contributed by atoms with van der Waals surface area (Å²) in [4.78, 5) is 24.3. The lowest BCUT2D eigenvalue weighted by Gasteiger charge is -2.10. The summed E-state index contributed by atoms with van der Waals surface area (Å²) in [6.45, 7) is 1.60. The summed E-state index contributed by atoms with van der Waals surface area (Å²) in [5.41, 5.74) is 1.18. The van der Waals surface area contributed by atoms with Crippen LogP contribution < -0.4 is 16.2 Å². The van der Waals surface area contributed by atoms with Crippen molar-refractivity contribution < 1.29 is 4.79 Å². The summed E-state index contributed by atoms with van der Waals surface area (Å²) in [7, 11) is 0. The number of benzene rings is 1. The minimum Gasteiger partial charge on any atom is -0.320 e. The number of anilines is 1. The van der Waals surface area contributed by atoms with Gasteiger partial charge in [0.15, 0.2) is 0 Å². The number of amides is 1. The van der Waals surface area contributed by atoms with E-state index < -0.39 is 0 Å². The van der Waals surface area contributed by atoms with Gasteiger partial charge in [-0.05, 0) is 43.0 Å². The van der Waals surface area contributed by atoms with Gasteiger partial charge < -0.3 is 15.2 Å². The van der Waals surface area contributed by atoms with Crippen LogP contribution in [0, 0.1) is 5.92 Å². The minimum absolute atomic E-state index is 0.180. The van der Waals surface area contributed by atoms with Crippen LogP contribution in [-0.2, 0) is 11.3 Å². The van der Waals surface area contributed by atoms with E-state index in [0.717, 1.165) is 18.0 Å². The van der Waals surface area contributed by atoms with Gasteiger partial charge in [-0.1, -0.05) is 30.3 Å². The molecule has 5 heteroatoms. The average Bonchev–Trinajstić information content (AvgIpc) is 3.37. The van der Waals surface area contributed by atoms with Crippen LogP contribution >= 0.6 is 0 Å². The third-order valence-corrected chi connectivity index (χ3v) is 3.91. The van der Waals surface area contributed by atoms with Gasteiger partial charge in [-0.2, -0.15) is 0 Å². The molecule has 1 aromatic carbocycles. The van der Waals surface area contributed by atoms with Crippen LogP contribution in [0.2, 0.25) is 0 Å². The molecule has 0 unspecified atom stereocenters. The number of hydrogen-bond acceptors (Lipinski definition) is 3. The zero-order chi connectivity index (χ0) is 16.1. The number of pyridine rings is 1. The Balaban J connectivity index is 1.62. The Bertz CT molecular complexity index is 721. The van der Waals surface area contributed by atoms with E-state index in [1.54, 1.807) is 22.9 Å². The Morgan fingerprint density at radius 2 is 1.91 bits per heavy atom. The summed E-state index contributed by atoms with van der Waals surface area (Å²) in [5, 5.41) is 5.82. The molecule has 1 fully saturated rings. The minimum atomic E-state index is -0.188. The number of nitrogens with zero attached hydrogens (tertiary/aromatic N) is 1. The molecule has 0 spiro atoms. The van der Waals surface area contributed by atoms with Gasteiger partial charge in [0.25, 0.3) is 5.56 Å². The molecule has 1 amide bonds. The van der Waals surface area contributed by atoms with E-state index in [2.05, 4.69) is 10.6 Å². The summed E-state index contributed by atoms with van der Waals surface area (Å²) in [5.74, 6) is 0.544. The van der Waals surface area contributed by atoms with Crippen molar-refractivity contribution in [1.29, 1.82) is 0 Å². The molecule has 5 nitrogen and oxygen atoms in total. The molecular formula is C18H21N3O2. The fraction of sp³-hybridized carbons (Fsp3) is 0.333. The molecule has 1 aliphatic rings. The molecule has 0 radical (unpaired) electrons. The number of carbonyl (C=O) groups excluding carboxylic acids is 1. The first-order valence-electron chi connectivity index (χ1n) is 7.96. The van der Waals surface area contributed by atoms with E-state index >= 15 is 0 Å². The second-order valence-electron chi connectivity index (χ2n) is 5.96. The highest BCUT2D eigenvalue weighted by atomic mass is 16.2. The average molecular weight is 311 g/mol. The standard InChI is InChI=1S/C18H21N3O2/c22-17(12-19-11-14-8-9-14)20-16-7-4-10-21(18(16)23)13-15-5-2-1-3-6-15/h1-7,10,14,19H,8-9,11-13H2,(H,20,22). The van der Waals surface area contributed by atoms with Crippen LogP contribution in [0.5, 0.6) is 0 Å². The van der Waals surface area contributed by atoms with Gasteiger partial charge in [-0.15, -0.1) is 0 Å². The Morgan fingerprint density at radius 3 is 2.65 bits per heavy atom. The molecule has 0 aliphatic heterocycles. The number of rotatable bonds is 7. The maximum absolute atomic E-state index is 12.4. The topological polar surface area (TPSA) is 63.1 Å². The number of aromatic nitrogens is 1. The van der Waals surface area contributed by atoms with E-state index in [-0.39, 0.29) is 18.0 Å². The van der Waals surface area contributed by atoms with E-state index in [4.69, 9.17) is 0 Å². The van der Waals surface area contributed by atoms with E-state index in [1.165, 1.54) is 12.8 Å². The van der Waals surface area contributed by atoms with Crippen molar-refractivity contribution >= 4 is 11.6 Å². The highest BCUT2D eigenvalue weighted by molar-refractivity contribution is 5.92. The zero-order valence-electron chi connectivity index (χ0n) is 13.0. The quantitative estimate of drug-likeness (QED) is 0.820. The normalized spacial score (nSPS) is 13.7. The van der Waals surface area contributed by atoms with Crippen LogP contribution in [0.15, 0.2) is 53.5 Å². The lowest BCUT2D eigenvalue weighted by molar-refractivity contribution is -0.115. The van der Waals surface area contributed by atoms with Gasteiger partial charge in [-0.3, -0.25) is 9.59 Å². The van der Waals surface area contributed by atoms with E-state index in [0.29, 0.717) is 12.2 Å². The van der Waals surface area contributed by atoms with Crippen LogP contribution in [0.1, 0.15) is 18.4 Å². The van der Waals surface area contributed by atoms with Crippen LogP contribution in [-0.4, -0.2) is 23.6 Å². The predicted octanol–water partition coefficient (Wildman–Crippen LogP) is 1.83. The first-order chi connectivity index (χ1) is 11.2. The molecule has 1 aromatic heterocycles. The summed E-state index contributed by atoms with van der Waals surface area (Å²) in [6, 6.07) is 13.2. The van der Waals surface area contributed by atoms with E-state index in [9.17, 15) is 9.59 Å². The molecule has 1 aliphatic carbocycles. The molecule has 0 atom stereocenters. The van der Waals surface area contributed by atoms with Gasteiger partial charge in [-0.25, -0.2) is 0 Å². The molecule has 1 heterocycles. The lowest BCUT2D eigenvalue weighted by Crippen LogP contribution is -2.32. The third-order valence-electron chi connectivity index (χ3n) is 3.91. The molecule has 23 heavy (non-hydrogen) atoms. The predicted molar refractivity (Wildman–Crippen MR) is 90.5 cm³/mol. The third kappa shape index (κ3) is 4.53. The first kappa shape index (κ1) is 15.5. The first-order valence-corrected chi connectivity index (χ1v) is 7.96. The van der Waals surface area contributed by atoms with Crippen LogP contribution in [0.4, 0.5) is 5.69 Å². The maximum atomic E-state index is 12.4. The van der Waals surface area contributed by atoms with Crippen molar-refractivity contribution in [1.82, 2.24) is 9.88 Å². The number of carbonyl (C=O) groups is 1. The van der Waals surface area contributed by atoms with Crippen molar-refractivity contribution in [2.75, 3.05) is 18.4 Å². The fourth-order valence-electron chi connectivity index (χ4n) is 2.44. The Labute approximate surface area is 135 Å². The highest BCUT2D eigenvalue weighted by Crippen LogP contribution is 2.27. The molecule has 2 aromatic rings. The smallest absolute Gasteiger partial charge is 0.274 e. The molecule has 2 N–H and O–H groups in total. The van der Waals surface area contributed by atoms with Crippen LogP contribution in [0.3, 0.4) is 0 Å². The van der Waals surface area contributed by atoms with Crippen molar-refractivity contribution in [3.63, 3.8) is 0 Å². The lowest BCUT2D eigenvalue weighted by atomic mass is 10.2. The van der Waals surface area contributed by atoms with Crippen molar-refractivity contribution in [3.05, 3.63) is 64.6 Å². The second kappa shape index (κ2) is 7.24. The second-order valence-corrected chi connectivity index (χ2v) is 5.96. The van der Waals surface area contributed by atoms with Crippen molar-refractivity contribution in [2.45, 2.75) is 19.4 Å². The summed E-state index contributed by atoms with van der Waals surface area (Å²) >= 11 is 0. The van der Waals surface area contributed by atoms with Crippen molar-refractivity contribution in [2.24, 2.45) is 5.92 Å². The summed E-state index contributed by atoms with van der Waals surface area (Å²) < 4.78 is 1.60. The molecule has 1 saturated carbocycles. The number of hydrogen-bond donors (Lipinski definition) is 2. The Kier molecular flexibility index (Phi) is 4.88. The fourth-order valence-corrected chi connectivity index (χ4v) is 2.44. The highest BCUT2D eigenvalue weighted by Gasteiger charge is 2.20. The van der Waals surface area contributed by atoms with E-state index in [1.807, 2.05) is 30.3 Å². The monoisotopic (exact) mass is 311 g/mol. The molecule has 120 valence electrons. The summed E-state index contributed by atoms with van der Waals surface area (Å²) in [6.07, 6.45) is 4.23. The molecule has 3 rings (SSSR count). The van der Waals surface area contributed by atoms with Gasteiger partial charge >= 0.3 is 0 Å². The molecule has 0 bridgehead atoms. The van der Waals surface area contributed by atoms with Gasteiger partial charge in [0.2, 0.25) is 5.91 Å². The van der Waals surface area contributed by atoms with Crippen molar-refractivity contribution in [3.8, 4) is 0 Å². The molecule has 0 saturated heterocycles. The largest absolute Gasteiger partial charge is 0.320 e. The van der Waals surface area contributed by atoms with Gasteiger partial charge in [0.1, 0.15) is 5.69 Å².